The first-order valence-corrected chi connectivity index (χ1v) is 6.41. The lowest BCUT2D eigenvalue weighted by Gasteiger charge is -2.11. The molecule has 2 N–H and O–H groups in total. The number of halogens is 1. The fourth-order valence-corrected chi connectivity index (χ4v) is 1.91. The van der Waals surface area contributed by atoms with E-state index in [0.717, 1.165) is 11.3 Å². The van der Waals surface area contributed by atoms with Gasteiger partial charge in [-0.1, -0.05) is 12.1 Å². The molecule has 0 spiro atoms. The van der Waals surface area contributed by atoms with Gasteiger partial charge < -0.3 is 15.2 Å². The topological polar surface area (TPSA) is 58.6 Å². The van der Waals surface area contributed by atoms with Gasteiger partial charge in [0.05, 0.1) is 12.7 Å². The molecule has 2 aromatic carbocycles. The normalized spacial score (nSPS) is 10.2. The number of rotatable bonds is 4. The largest absolute Gasteiger partial charge is 0.505 e. The SMILES string of the molecule is COC(=O)c1ccc(C)c(NCc2ccc(O)c(F)c2)c1. The predicted octanol–water partition coefficient (Wildman–Crippen LogP) is 3.24. The lowest BCUT2D eigenvalue weighted by molar-refractivity contribution is 0.0601. The summed E-state index contributed by atoms with van der Waals surface area (Å²) in [6.45, 7) is 2.28. The van der Waals surface area contributed by atoms with Crippen molar-refractivity contribution in [2.24, 2.45) is 0 Å². The molecule has 4 nitrogen and oxygen atoms in total. The lowest BCUT2D eigenvalue weighted by atomic mass is 10.1. The van der Waals surface area contributed by atoms with Gasteiger partial charge in [-0.3, -0.25) is 0 Å². The molecule has 0 heterocycles. The first-order chi connectivity index (χ1) is 10.0. The van der Waals surface area contributed by atoms with Crippen molar-refractivity contribution in [3.8, 4) is 5.75 Å². The van der Waals surface area contributed by atoms with E-state index in [0.29, 0.717) is 17.7 Å². The highest BCUT2D eigenvalue weighted by atomic mass is 19.1. The van der Waals surface area contributed by atoms with E-state index in [2.05, 4.69) is 10.1 Å². The molecule has 21 heavy (non-hydrogen) atoms. The van der Waals surface area contributed by atoms with Gasteiger partial charge in [0, 0.05) is 12.2 Å². The van der Waals surface area contributed by atoms with E-state index in [1.807, 2.05) is 13.0 Å². The number of aromatic hydroxyl groups is 1. The molecule has 0 aliphatic carbocycles. The van der Waals surface area contributed by atoms with Crippen LogP contribution in [0.2, 0.25) is 0 Å². The number of hydrogen-bond donors (Lipinski definition) is 2. The van der Waals surface area contributed by atoms with E-state index in [9.17, 15) is 9.18 Å². The third-order valence-electron chi connectivity index (χ3n) is 3.15. The molecule has 5 heteroatoms. The Morgan fingerprint density at radius 3 is 2.71 bits per heavy atom. The van der Waals surface area contributed by atoms with Gasteiger partial charge in [-0.15, -0.1) is 0 Å². The van der Waals surface area contributed by atoms with Crippen molar-refractivity contribution >= 4 is 11.7 Å². The van der Waals surface area contributed by atoms with E-state index in [1.165, 1.54) is 19.2 Å². The van der Waals surface area contributed by atoms with Crippen molar-refractivity contribution in [3.05, 3.63) is 58.9 Å². The van der Waals surface area contributed by atoms with Gasteiger partial charge in [0.2, 0.25) is 0 Å². The summed E-state index contributed by atoms with van der Waals surface area (Å²) >= 11 is 0. The third kappa shape index (κ3) is 3.51. The molecule has 0 unspecified atom stereocenters. The van der Waals surface area contributed by atoms with E-state index < -0.39 is 11.8 Å². The van der Waals surface area contributed by atoms with Gasteiger partial charge in [-0.2, -0.15) is 0 Å². The number of esters is 1. The number of ether oxygens (including phenoxy) is 1. The standard InChI is InChI=1S/C16H16FNO3/c1-10-3-5-12(16(20)21-2)8-14(10)18-9-11-4-6-15(19)13(17)7-11/h3-8,18-19H,9H2,1-2H3. The summed E-state index contributed by atoms with van der Waals surface area (Å²) in [4.78, 5) is 11.5. The second kappa shape index (κ2) is 6.26. The molecule has 0 saturated heterocycles. The van der Waals surface area contributed by atoms with E-state index in [4.69, 9.17) is 5.11 Å². The highest BCUT2D eigenvalue weighted by molar-refractivity contribution is 5.90. The fourth-order valence-electron chi connectivity index (χ4n) is 1.91. The van der Waals surface area contributed by atoms with Crippen LogP contribution >= 0.6 is 0 Å². The lowest BCUT2D eigenvalue weighted by Crippen LogP contribution is -2.05. The van der Waals surface area contributed by atoms with Crippen molar-refractivity contribution < 1.29 is 19.0 Å². The first kappa shape index (κ1) is 14.8. The summed E-state index contributed by atoms with van der Waals surface area (Å²) in [5.41, 5.74) is 2.86. The molecular weight excluding hydrogens is 273 g/mol. The second-order valence-corrected chi connectivity index (χ2v) is 4.66. The molecular formula is C16H16FNO3. The number of benzene rings is 2. The molecule has 0 amide bonds. The quantitative estimate of drug-likeness (QED) is 0.848. The van der Waals surface area contributed by atoms with Gasteiger partial charge in [0.15, 0.2) is 11.6 Å². The van der Waals surface area contributed by atoms with Crippen molar-refractivity contribution in [1.29, 1.82) is 0 Å². The third-order valence-corrected chi connectivity index (χ3v) is 3.15. The number of methoxy groups -OCH3 is 1. The van der Waals surface area contributed by atoms with E-state index >= 15 is 0 Å². The maximum absolute atomic E-state index is 13.3. The number of aryl methyl sites for hydroxylation is 1. The Kier molecular flexibility index (Phi) is 4.42. The Bertz CT molecular complexity index is 671. The van der Waals surface area contributed by atoms with Gasteiger partial charge in [0.25, 0.3) is 0 Å². The Morgan fingerprint density at radius 2 is 2.05 bits per heavy atom. The number of phenolic OH excluding ortho intramolecular Hbond substituents is 1. The minimum atomic E-state index is -0.658. The predicted molar refractivity (Wildman–Crippen MR) is 77.9 cm³/mol. The molecule has 0 atom stereocenters. The fraction of sp³-hybridized carbons (Fsp3) is 0.188. The molecule has 0 radical (unpaired) electrons. The van der Waals surface area contributed by atoms with Crippen LogP contribution in [0.4, 0.5) is 10.1 Å². The van der Waals surface area contributed by atoms with Crippen molar-refractivity contribution in [3.63, 3.8) is 0 Å². The number of phenols is 1. The maximum Gasteiger partial charge on any atom is 0.337 e. The molecule has 2 rings (SSSR count). The number of hydrogen-bond acceptors (Lipinski definition) is 4. The minimum absolute atomic E-state index is 0.373. The zero-order chi connectivity index (χ0) is 15.4. The summed E-state index contributed by atoms with van der Waals surface area (Å²) in [7, 11) is 1.33. The Hall–Kier alpha value is -2.56. The highest BCUT2D eigenvalue weighted by Crippen LogP contribution is 2.20. The molecule has 0 fully saturated rings. The molecule has 0 aromatic heterocycles. The van der Waals surface area contributed by atoms with Crippen LogP contribution in [0.1, 0.15) is 21.5 Å². The summed E-state index contributed by atoms with van der Waals surface area (Å²) < 4.78 is 17.9. The van der Waals surface area contributed by atoms with Gasteiger partial charge >= 0.3 is 5.97 Å². The Morgan fingerprint density at radius 1 is 1.29 bits per heavy atom. The number of carbonyl (C=O) groups excluding carboxylic acids is 1. The minimum Gasteiger partial charge on any atom is -0.505 e. The van der Waals surface area contributed by atoms with Crippen LogP contribution in [-0.2, 0) is 11.3 Å². The first-order valence-electron chi connectivity index (χ1n) is 6.41. The van der Waals surface area contributed by atoms with Crippen LogP contribution in [0, 0.1) is 12.7 Å². The smallest absolute Gasteiger partial charge is 0.337 e. The molecule has 0 aliphatic rings. The van der Waals surface area contributed by atoms with Gasteiger partial charge in [0.1, 0.15) is 0 Å². The maximum atomic E-state index is 13.3. The van der Waals surface area contributed by atoms with Crippen molar-refractivity contribution in [1.82, 2.24) is 0 Å². The number of carbonyl (C=O) groups is 1. The molecule has 110 valence electrons. The Labute approximate surface area is 122 Å². The second-order valence-electron chi connectivity index (χ2n) is 4.66. The van der Waals surface area contributed by atoms with Crippen LogP contribution in [-0.4, -0.2) is 18.2 Å². The summed E-state index contributed by atoms with van der Waals surface area (Å²) in [6.07, 6.45) is 0. The van der Waals surface area contributed by atoms with E-state index in [1.54, 1.807) is 18.2 Å². The number of anilines is 1. The van der Waals surface area contributed by atoms with Crippen molar-refractivity contribution in [2.75, 3.05) is 12.4 Å². The van der Waals surface area contributed by atoms with Crippen molar-refractivity contribution in [2.45, 2.75) is 13.5 Å². The summed E-state index contributed by atoms with van der Waals surface area (Å²) in [5.74, 6) is -1.44. The average Bonchev–Trinajstić information content (AvgIpc) is 2.49. The zero-order valence-electron chi connectivity index (χ0n) is 11.8. The Balaban J connectivity index is 2.15. The molecule has 0 aliphatic heterocycles. The number of nitrogens with one attached hydrogen (secondary N) is 1. The van der Waals surface area contributed by atoms with Crippen LogP contribution in [0.3, 0.4) is 0 Å². The van der Waals surface area contributed by atoms with Gasteiger partial charge in [-0.05, 0) is 42.3 Å². The summed E-state index contributed by atoms with van der Waals surface area (Å²) in [6, 6.07) is 9.40. The van der Waals surface area contributed by atoms with Crippen LogP contribution < -0.4 is 5.32 Å². The average molecular weight is 289 g/mol. The van der Waals surface area contributed by atoms with E-state index in [-0.39, 0.29) is 5.75 Å². The zero-order valence-corrected chi connectivity index (χ0v) is 11.8. The molecule has 0 bridgehead atoms. The summed E-state index contributed by atoms with van der Waals surface area (Å²) in [5, 5.41) is 12.3. The van der Waals surface area contributed by atoms with Crippen LogP contribution in [0.5, 0.6) is 5.75 Å². The monoisotopic (exact) mass is 289 g/mol. The molecule has 0 saturated carbocycles. The molecule has 2 aromatic rings. The highest BCUT2D eigenvalue weighted by Gasteiger charge is 2.08. The van der Waals surface area contributed by atoms with Crippen LogP contribution in [0.25, 0.3) is 0 Å². The van der Waals surface area contributed by atoms with Gasteiger partial charge in [-0.25, -0.2) is 9.18 Å². The van der Waals surface area contributed by atoms with Crippen LogP contribution in [0.15, 0.2) is 36.4 Å².